The number of aliphatic carboxylic acids is 1. The van der Waals surface area contributed by atoms with Gasteiger partial charge in [-0.25, -0.2) is 4.79 Å². The molecule has 0 aliphatic rings. The van der Waals surface area contributed by atoms with Gasteiger partial charge >= 0.3 is 5.97 Å². The lowest BCUT2D eigenvalue weighted by molar-refractivity contribution is -0.144. The van der Waals surface area contributed by atoms with E-state index in [1.807, 2.05) is 42.5 Å². The van der Waals surface area contributed by atoms with E-state index >= 15 is 0 Å². The van der Waals surface area contributed by atoms with E-state index in [2.05, 4.69) is 26.0 Å². The molecular formula is C18H20O3. The predicted molar refractivity (Wildman–Crippen MR) is 82.7 cm³/mol. The molecule has 2 aromatic carbocycles. The number of hydrogen-bond donors (Lipinski definition) is 1. The molecule has 0 fully saturated rings. The molecular weight excluding hydrogens is 264 g/mol. The topological polar surface area (TPSA) is 46.5 Å². The summed E-state index contributed by atoms with van der Waals surface area (Å²) >= 11 is 0. The van der Waals surface area contributed by atoms with Crippen molar-refractivity contribution in [3.8, 4) is 5.75 Å². The molecule has 0 aliphatic heterocycles. The predicted octanol–water partition coefficient (Wildman–Crippen LogP) is 3.86. The molecule has 0 saturated heterocycles. The van der Waals surface area contributed by atoms with E-state index in [1.165, 1.54) is 12.5 Å². The summed E-state index contributed by atoms with van der Waals surface area (Å²) in [6.07, 6.45) is -0.849. The number of hydrogen-bond acceptors (Lipinski definition) is 2. The summed E-state index contributed by atoms with van der Waals surface area (Å²) in [5, 5.41) is 8.85. The third-order valence-corrected chi connectivity index (χ3v) is 3.73. The average molecular weight is 284 g/mol. The highest BCUT2D eigenvalue weighted by molar-refractivity contribution is 5.72. The fourth-order valence-corrected chi connectivity index (χ4v) is 2.23. The van der Waals surface area contributed by atoms with Crippen molar-refractivity contribution in [2.75, 3.05) is 0 Å². The van der Waals surface area contributed by atoms with Crippen LogP contribution >= 0.6 is 0 Å². The Labute approximate surface area is 125 Å². The molecule has 2 aromatic rings. The van der Waals surface area contributed by atoms with Gasteiger partial charge in [-0.05, 0) is 30.2 Å². The molecule has 0 heterocycles. The lowest BCUT2D eigenvalue weighted by atomic mass is 9.78. The first-order valence-corrected chi connectivity index (χ1v) is 6.97. The van der Waals surface area contributed by atoms with Crippen LogP contribution in [0.15, 0.2) is 54.6 Å². The number of carbonyl (C=O) groups is 1. The molecule has 2 rings (SSSR count). The minimum absolute atomic E-state index is 0.113. The van der Waals surface area contributed by atoms with E-state index in [0.717, 1.165) is 5.56 Å². The highest BCUT2D eigenvalue weighted by Crippen LogP contribution is 2.32. The summed E-state index contributed by atoms with van der Waals surface area (Å²) in [4.78, 5) is 10.8. The molecule has 0 aliphatic carbocycles. The van der Waals surface area contributed by atoms with E-state index in [1.54, 1.807) is 0 Å². The van der Waals surface area contributed by atoms with Gasteiger partial charge in [0.2, 0.25) is 0 Å². The van der Waals surface area contributed by atoms with Gasteiger partial charge in [0.1, 0.15) is 5.75 Å². The van der Waals surface area contributed by atoms with Crippen LogP contribution in [-0.2, 0) is 10.2 Å². The summed E-state index contributed by atoms with van der Waals surface area (Å²) < 4.78 is 5.35. The third-order valence-electron chi connectivity index (χ3n) is 3.73. The summed E-state index contributed by atoms with van der Waals surface area (Å²) in [7, 11) is 0. The fourth-order valence-electron chi connectivity index (χ4n) is 2.23. The lowest BCUT2D eigenvalue weighted by Gasteiger charge is -2.26. The van der Waals surface area contributed by atoms with Crippen LogP contribution in [0.5, 0.6) is 5.75 Å². The van der Waals surface area contributed by atoms with Gasteiger partial charge in [0.25, 0.3) is 0 Å². The zero-order chi connectivity index (χ0) is 15.5. The minimum Gasteiger partial charge on any atom is -0.479 e. The SMILES string of the molecule is C[C@H](Oc1ccc(C(C)(C)c2ccccc2)cc1)C(=O)O. The van der Waals surface area contributed by atoms with Gasteiger partial charge in [0, 0.05) is 5.41 Å². The number of carboxylic acid groups (broad SMARTS) is 1. The van der Waals surface area contributed by atoms with Crippen molar-refractivity contribution in [3.63, 3.8) is 0 Å². The molecule has 3 heteroatoms. The Balaban J connectivity index is 2.21. The molecule has 0 aromatic heterocycles. The van der Waals surface area contributed by atoms with Gasteiger partial charge in [-0.2, -0.15) is 0 Å². The molecule has 0 saturated carbocycles. The van der Waals surface area contributed by atoms with E-state index in [9.17, 15) is 4.79 Å². The minimum atomic E-state index is -0.969. The van der Waals surface area contributed by atoms with Gasteiger partial charge in [0.05, 0.1) is 0 Å². The maximum absolute atomic E-state index is 10.8. The number of carboxylic acids is 1. The summed E-state index contributed by atoms with van der Waals surface area (Å²) in [5.74, 6) is -0.402. The normalized spacial score (nSPS) is 12.7. The molecule has 3 nitrogen and oxygen atoms in total. The monoisotopic (exact) mass is 284 g/mol. The third kappa shape index (κ3) is 3.43. The van der Waals surface area contributed by atoms with Crippen molar-refractivity contribution in [1.29, 1.82) is 0 Å². The van der Waals surface area contributed by atoms with Crippen molar-refractivity contribution in [2.45, 2.75) is 32.3 Å². The lowest BCUT2D eigenvalue weighted by Crippen LogP contribution is -2.23. The molecule has 1 N–H and O–H groups in total. The van der Waals surface area contributed by atoms with Crippen molar-refractivity contribution in [2.24, 2.45) is 0 Å². The molecule has 0 spiro atoms. The second kappa shape index (κ2) is 6.00. The van der Waals surface area contributed by atoms with Crippen molar-refractivity contribution >= 4 is 5.97 Å². The van der Waals surface area contributed by atoms with Crippen LogP contribution in [0.3, 0.4) is 0 Å². The van der Waals surface area contributed by atoms with Gasteiger partial charge in [-0.1, -0.05) is 56.3 Å². The molecule has 21 heavy (non-hydrogen) atoms. The summed E-state index contributed by atoms with van der Waals surface area (Å²) in [6, 6.07) is 17.9. The van der Waals surface area contributed by atoms with Crippen LogP contribution in [0.25, 0.3) is 0 Å². The van der Waals surface area contributed by atoms with Gasteiger partial charge in [0.15, 0.2) is 6.10 Å². The Morgan fingerprint density at radius 2 is 1.52 bits per heavy atom. The highest BCUT2D eigenvalue weighted by atomic mass is 16.5. The van der Waals surface area contributed by atoms with Gasteiger partial charge in [-0.3, -0.25) is 0 Å². The van der Waals surface area contributed by atoms with E-state index in [4.69, 9.17) is 9.84 Å². The maximum Gasteiger partial charge on any atom is 0.344 e. The Kier molecular flexibility index (Phi) is 4.32. The first-order valence-electron chi connectivity index (χ1n) is 6.97. The van der Waals surface area contributed by atoms with Crippen LogP contribution in [0.4, 0.5) is 0 Å². The zero-order valence-corrected chi connectivity index (χ0v) is 12.5. The molecule has 110 valence electrons. The average Bonchev–Trinajstić information content (AvgIpc) is 2.48. The van der Waals surface area contributed by atoms with Crippen LogP contribution in [-0.4, -0.2) is 17.2 Å². The van der Waals surface area contributed by atoms with Gasteiger partial charge < -0.3 is 9.84 Å². The van der Waals surface area contributed by atoms with Crippen LogP contribution in [0.1, 0.15) is 31.9 Å². The van der Waals surface area contributed by atoms with Crippen LogP contribution in [0, 0.1) is 0 Å². The molecule has 1 atom stereocenters. The molecule has 0 radical (unpaired) electrons. The number of benzene rings is 2. The second-order valence-electron chi connectivity index (χ2n) is 5.61. The molecule has 0 amide bonds. The smallest absolute Gasteiger partial charge is 0.344 e. The molecule has 0 unspecified atom stereocenters. The van der Waals surface area contributed by atoms with E-state index in [-0.39, 0.29) is 5.41 Å². The summed E-state index contributed by atoms with van der Waals surface area (Å²) in [6.45, 7) is 5.85. The number of rotatable bonds is 5. The molecule has 0 bridgehead atoms. The van der Waals surface area contributed by atoms with Crippen LogP contribution in [0.2, 0.25) is 0 Å². The zero-order valence-electron chi connectivity index (χ0n) is 12.5. The van der Waals surface area contributed by atoms with Crippen molar-refractivity contribution in [3.05, 3.63) is 65.7 Å². The Bertz CT molecular complexity index is 600. The standard InChI is InChI=1S/C18H20O3/c1-13(17(19)20)21-16-11-9-15(10-12-16)18(2,3)14-7-5-4-6-8-14/h4-13H,1-3H3,(H,19,20)/t13-/m0/s1. The van der Waals surface area contributed by atoms with Crippen molar-refractivity contribution in [1.82, 2.24) is 0 Å². The second-order valence-corrected chi connectivity index (χ2v) is 5.61. The first-order chi connectivity index (χ1) is 9.91. The van der Waals surface area contributed by atoms with E-state index in [0.29, 0.717) is 5.75 Å². The van der Waals surface area contributed by atoms with Crippen molar-refractivity contribution < 1.29 is 14.6 Å². The highest BCUT2D eigenvalue weighted by Gasteiger charge is 2.22. The fraction of sp³-hybridized carbons (Fsp3) is 0.278. The maximum atomic E-state index is 10.8. The largest absolute Gasteiger partial charge is 0.479 e. The summed E-state index contributed by atoms with van der Waals surface area (Å²) in [5.41, 5.74) is 2.28. The Morgan fingerprint density at radius 3 is 2.05 bits per heavy atom. The number of ether oxygens (including phenoxy) is 1. The quantitative estimate of drug-likeness (QED) is 0.906. The van der Waals surface area contributed by atoms with Crippen LogP contribution < -0.4 is 4.74 Å². The van der Waals surface area contributed by atoms with E-state index < -0.39 is 12.1 Å². The Hall–Kier alpha value is -2.29. The van der Waals surface area contributed by atoms with Gasteiger partial charge in [-0.15, -0.1) is 0 Å². The first kappa shape index (κ1) is 15.1. The Morgan fingerprint density at radius 1 is 1.00 bits per heavy atom.